The molecule has 1 fully saturated rings. The van der Waals surface area contributed by atoms with Gasteiger partial charge in [-0.3, -0.25) is 0 Å². The number of nitrogens with zero attached hydrogens (tertiary/aromatic N) is 2. The van der Waals surface area contributed by atoms with Gasteiger partial charge in [-0.2, -0.15) is 0 Å². The summed E-state index contributed by atoms with van der Waals surface area (Å²) in [7, 11) is 0. The van der Waals surface area contributed by atoms with Crippen molar-refractivity contribution >= 4 is 0 Å². The van der Waals surface area contributed by atoms with E-state index in [-0.39, 0.29) is 17.0 Å². The first-order valence-corrected chi connectivity index (χ1v) is 11.0. The van der Waals surface area contributed by atoms with Crippen LogP contribution in [0.4, 0.5) is 0 Å². The maximum absolute atomic E-state index is 6.33. The van der Waals surface area contributed by atoms with Crippen molar-refractivity contribution < 1.29 is 0 Å². The first-order chi connectivity index (χ1) is 14.3. The lowest BCUT2D eigenvalue weighted by molar-refractivity contribution is 0.253. The van der Waals surface area contributed by atoms with Gasteiger partial charge in [0, 0.05) is 23.8 Å². The Bertz CT molecular complexity index is 950. The van der Waals surface area contributed by atoms with Crippen molar-refractivity contribution in [2.45, 2.75) is 58.2 Å². The van der Waals surface area contributed by atoms with Crippen molar-refractivity contribution in [2.24, 2.45) is 11.1 Å². The maximum atomic E-state index is 6.33. The zero-order chi connectivity index (χ0) is 21.2. The number of hydrogen-bond acceptors (Lipinski definition) is 3. The number of benzene rings is 2. The van der Waals surface area contributed by atoms with Crippen LogP contribution in [0.15, 0.2) is 66.9 Å². The van der Waals surface area contributed by atoms with Crippen LogP contribution >= 0.6 is 0 Å². The van der Waals surface area contributed by atoms with Gasteiger partial charge in [-0.25, -0.2) is 4.98 Å². The largest absolute Gasteiger partial charge is 0.329 e. The minimum absolute atomic E-state index is 0.0268. The van der Waals surface area contributed by atoms with Crippen LogP contribution < -0.4 is 11.1 Å². The summed E-state index contributed by atoms with van der Waals surface area (Å²) >= 11 is 0. The van der Waals surface area contributed by atoms with Crippen LogP contribution in [0.3, 0.4) is 0 Å². The highest BCUT2D eigenvalue weighted by Gasteiger charge is 2.38. The van der Waals surface area contributed by atoms with Gasteiger partial charge in [-0.1, -0.05) is 81.4 Å². The molecule has 1 saturated carbocycles. The molecule has 4 rings (SSSR count). The van der Waals surface area contributed by atoms with Gasteiger partial charge in [0.2, 0.25) is 0 Å². The molecule has 0 bridgehead atoms. The molecule has 1 atom stereocenters. The molecule has 0 spiro atoms. The number of imidazole rings is 1. The van der Waals surface area contributed by atoms with E-state index in [2.05, 4.69) is 91.4 Å². The lowest BCUT2D eigenvalue weighted by Gasteiger charge is -2.32. The second kappa shape index (κ2) is 8.37. The third kappa shape index (κ3) is 5.00. The maximum Gasteiger partial charge on any atom is 0.127 e. The van der Waals surface area contributed by atoms with Crippen LogP contribution in [0.1, 0.15) is 57.5 Å². The molecule has 2 aromatic carbocycles. The molecule has 1 aliphatic rings. The molecule has 0 radical (unpaired) electrons. The molecule has 3 aromatic rings. The lowest BCUT2D eigenvalue weighted by atomic mass is 9.86. The van der Waals surface area contributed by atoms with Crippen molar-refractivity contribution in [1.82, 2.24) is 14.9 Å². The Kier molecular flexibility index (Phi) is 5.81. The van der Waals surface area contributed by atoms with E-state index in [1.165, 1.54) is 5.56 Å². The summed E-state index contributed by atoms with van der Waals surface area (Å²) in [4.78, 5) is 5.14. The van der Waals surface area contributed by atoms with Gasteiger partial charge >= 0.3 is 0 Å². The Balaban J connectivity index is 1.67. The SMILES string of the molecule is CC(C)(C)[C@@H](NCCC1(N)CC1)c1nc(-c2ccccc2)cn1Cc1ccccc1. The zero-order valence-electron chi connectivity index (χ0n) is 18.4. The predicted octanol–water partition coefficient (Wildman–Crippen LogP) is 5.16. The fourth-order valence-corrected chi connectivity index (χ4v) is 3.98. The Morgan fingerprint density at radius 1 is 1.03 bits per heavy atom. The van der Waals surface area contributed by atoms with Crippen molar-refractivity contribution in [2.75, 3.05) is 6.54 Å². The average Bonchev–Trinajstić information content (AvgIpc) is 3.32. The topological polar surface area (TPSA) is 55.9 Å². The highest BCUT2D eigenvalue weighted by Crippen LogP contribution is 2.37. The Hall–Kier alpha value is -2.43. The quantitative estimate of drug-likeness (QED) is 0.547. The Labute approximate surface area is 180 Å². The molecule has 4 nitrogen and oxygen atoms in total. The number of nitrogens with one attached hydrogen (secondary N) is 1. The molecule has 3 N–H and O–H groups in total. The average molecular weight is 403 g/mol. The van der Waals surface area contributed by atoms with Crippen molar-refractivity contribution in [3.8, 4) is 11.3 Å². The first kappa shape index (κ1) is 20.8. The number of nitrogens with two attached hydrogens (primary N) is 1. The highest BCUT2D eigenvalue weighted by molar-refractivity contribution is 5.58. The third-order valence-corrected chi connectivity index (χ3v) is 6.06. The number of aromatic nitrogens is 2. The van der Waals surface area contributed by atoms with E-state index in [4.69, 9.17) is 10.7 Å². The zero-order valence-corrected chi connectivity index (χ0v) is 18.4. The molecule has 0 saturated heterocycles. The summed E-state index contributed by atoms with van der Waals surface area (Å²) in [5.74, 6) is 1.09. The van der Waals surface area contributed by atoms with Crippen LogP contribution in [-0.2, 0) is 6.54 Å². The Morgan fingerprint density at radius 2 is 1.67 bits per heavy atom. The molecular formula is C26H34N4. The second-order valence-electron chi connectivity index (χ2n) is 9.83. The van der Waals surface area contributed by atoms with Crippen LogP contribution in [0, 0.1) is 5.41 Å². The molecule has 4 heteroatoms. The summed E-state index contributed by atoms with van der Waals surface area (Å²) in [6.07, 6.45) is 5.51. The predicted molar refractivity (Wildman–Crippen MR) is 124 cm³/mol. The van der Waals surface area contributed by atoms with E-state index in [0.29, 0.717) is 0 Å². The fraction of sp³-hybridized carbons (Fsp3) is 0.423. The van der Waals surface area contributed by atoms with Crippen molar-refractivity contribution in [3.63, 3.8) is 0 Å². The van der Waals surface area contributed by atoms with Gasteiger partial charge in [-0.05, 0) is 36.8 Å². The molecule has 1 heterocycles. The molecular weight excluding hydrogens is 368 g/mol. The molecule has 158 valence electrons. The van der Waals surface area contributed by atoms with Gasteiger partial charge in [0.15, 0.2) is 0 Å². The Morgan fingerprint density at radius 3 is 2.27 bits per heavy atom. The van der Waals surface area contributed by atoms with Gasteiger partial charge in [0.25, 0.3) is 0 Å². The molecule has 1 aliphatic carbocycles. The summed E-state index contributed by atoms with van der Waals surface area (Å²) < 4.78 is 2.32. The van der Waals surface area contributed by atoms with E-state index >= 15 is 0 Å². The van der Waals surface area contributed by atoms with E-state index in [1.54, 1.807) is 0 Å². The fourth-order valence-electron chi connectivity index (χ4n) is 3.98. The van der Waals surface area contributed by atoms with E-state index < -0.39 is 0 Å². The van der Waals surface area contributed by atoms with Crippen LogP contribution in [0.2, 0.25) is 0 Å². The smallest absolute Gasteiger partial charge is 0.127 e. The summed E-state index contributed by atoms with van der Waals surface area (Å²) in [6, 6.07) is 21.2. The monoisotopic (exact) mass is 402 g/mol. The molecule has 0 amide bonds. The van der Waals surface area contributed by atoms with Gasteiger partial charge < -0.3 is 15.6 Å². The van der Waals surface area contributed by atoms with E-state index in [9.17, 15) is 0 Å². The first-order valence-electron chi connectivity index (χ1n) is 11.0. The second-order valence-corrected chi connectivity index (χ2v) is 9.83. The number of rotatable bonds is 8. The molecule has 0 unspecified atom stereocenters. The van der Waals surface area contributed by atoms with Crippen LogP contribution in [0.5, 0.6) is 0 Å². The lowest BCUT2D eigenvalue weighted by Crippen LogP contribution is -2.37. The number of hydrogen-bond donors (Lipinski definition) is 2. The molecule has 0 aliphatic heterocycles. The molecule has 30 heavy (non-hydrogen) atoms. The molecule has 1 aromatic heterocycles. The minimum atomic E-state index is 0.0268. The van der Waals surface area contributed by atoms with E-state index in [1.807, 2.05) is 6.07 Å². The van der Waals surface area contributed by atoms with Crippen LogP contribution in [-0.4, -0.2) is 21.6 Å². The highest BCUT2D eigenvalue weighted by atomic mass is 15.1. The van der Waals surface area contributed by atoms with E-state index in [0.717, 1.165) is 49.4 Å². The summed E-state index contributed by atoms with van der Waals surface area (Å²) in [6.45, 7) is 8.57. The van der Waals surface area contributed by atoms with Crippen molar-refractivity contribution in [1.29, 1.82) is 0 Å². The summed E-state index contributed by atoms with van der Waals surface area (Å²) in [5.41, 5.74) is 9.87. The third-order valence-electron chi connectivity index (χ3n) is 6.06. The van der Waals surface area contributed by atoms with Gasteiger partial charge in [0.05, 0.1) is 11.7 Å². The standard InChI is InChI=1S/C26H34N4/c1-25(2,3)23(28-17-16-26(27)14-15-26)24-29-22(21-12-8-5-9-13-21)19-30(24)18-20-10-6-4-7-11-20/h4-13,19,23,28H,14-18,27H2,1-3H3/t23-/m0/s1. The summed E-state index contributed by atoms with van der Waals surface area (Å²) in [5, 5.41) is 3.80. The van der Waals surface area contributed by atoms with Gasteiger partial charge in [-0.15, -0.1) is 0 Å². The minimum Gasteiger partial charge on any atom is -0.329 e. The van der Waals surface area contributed by atoms with Crippen LogP contribution in [0.25, 0.3) is 11.3 Å². The van der Waals surface area contributed by atoms with Gasteiger partial charge in [0.1, 0.15) is 5.82 Å². The normalized spacial score (nSPS) is 16.4. The van der Waals surface area contributed by atoms with Crippen molar-refractivity contribution in [3.05, 3.63) is 78.2 Å².